The first-order chi connectivity index (χ1) is 8.95. The third kappa shape index (κ3) is 3.26. The van der Waals surface area contributed by atoms with E-state index in [9.17, 15) is 0 Å². The summed E-state index contributed by atoms with van der Waals surface area (Å²) in [7, 11) is 0. The fraction of sp³-hybridized carbons (Fsp3) is 0.263. The van der Waals surface area contributed by atoms with Crippen LogP contribution >= 0.6 is 0 Å². The van der Waals surface area contributed by atoms with Crippen LogP contribution < -0.4 is 0 Å². The Kier molecular flexibility index (Phi) is 3.76. The Hall–Kier alpha value is -2.00. The van der Waals surface area contributed by atoms with Gasteiger partial charge in [-0.05, 0) is 69.0 Å². The molecule has 0 bridgehead atoms. The summed E-state index contributed by atoms with van der Waals surface area (Å²) in [4.78, 5) is 0. The fourth-order valence-electron chi connectivity index (χ4n) is 2.56. The summed E-state index contributed by atoms with van der Waals surface area (Å²) in [5, 5.41) is 0. The number of rotatable bonds is 0. The minimum atomic E-state index is 1.09. The van der Waals surface area contributed by atoms with Crippen molar-refractivity contribution in [1.29, 1.82) is 0 Å². The van der Waals surface area contributed by atoms with Crippen LogP contribution in [0.4, 0.5) is 0 Å². The van der Waals surface area contributed by atoms with Crippen molar-refractivity contribution in [2.45, 2.75) is 34.6 Å². The van der Waals surface area contributed by atoms with Gasteiger partial charge in [-0.15, -0.1) is 0 Å². The Balaban J connectivity index is 2.45. The summed E-state index contributed by atoms with van der Waals surface area (Å²) >= 11 is 0. The first-order valence-corrected chi connectivity index (χ1v) is 6.64. The van der Waals surface area contributed by atoms with E-state index in [1.165, 1.54) is 27.8 Å². The second-order valence-corrected chi connectivity index (χ2v) is 5.40. The molecule has 0 aliphatic rings. The van der Waals surface area contributed by atoms with E-state index in [0.29, 0.717) is 0 Å². The standard InChI is InChI=1S/C19H20/c1-13-8-14(2)12-18(11-13)6-7-19-16(4)9-15(3)10-17(19)5/h8-12H,1-5H3. The minimum Gasteiger partial charge on any atom is -0.0616 e. The molecular formula is C19H20. The molecule has 19 heavy (non-hydrogen) atoms. The van der Waals surface area contributed by atoms with Crippen molar-refractivity contribution in [3.05, 3.63) is 69.3 Å². The average Bonchev–Trinajstić information content (AvgIpc) is 2.25. The zero-order valence-corrected chi connectivity index (χ0v) is 12.4. The molecule has 0 atom stereocenters. The van der Waals surface area contributed by atoms with Crippen molar-refractivity contribution in [1.82, 2.24) is 0 Å². The predicted octanol–water partition coefficient (Wildman–Crippen LogP) is 4.63. The molecule has 0 heterocycles. The first kappa shape index (κ1) is 13.4. The van der Waals surface area contributed by atoms with Crippen LogP contribution in [0.25, 0.3) is 0 Å². The van der Waals surface area contributed by atoms with E-state index in [2.05, 4.69) is 76.8 Å². The largest absolute Gasteiger partial charge is 0.0616 e. The highest BCUT2D eigenvalue weighted by atomic mass is 14.0. The van der Waals surface area contributed by atoms with Crippen molar-refractivity contribution in [2.75, 3.05) is 0 Å². The molecule has 0 unspecified atom stereocenters. The third-order valence-corrected chi connectivity index (χ3v) is 3.23. The van der Waals surface area contributed by atoms with Crippen molar-refractivity contribution < 1.29 is 0 Å². The molecule has 0 saturated heterocycles. The van der Waals surface area contributed by atoms with E-state index in [1.54, 1.807) is 0 Å². The summed E-state index contributed by atoms with van der Waals surface area (Å²) in [6, 6.07) is 10.8. The van der Waals surface area contributed by atoms with Gasteiger partial charge in [0.2, 0.25) is 0 Å². The van der Waals surface area contributed by atoms with E-state index < -0.39 is 0 Å². The topological polar surface area (TPSA) is 0 Å². The van der Waals surface area contributed by atoms with Crippen LogP contribution in [0, 0.1) is 46.5 Å². The number of hydrogen-bond acceptors (Lipinski definition) is 0. The maximum atomic E-state index is 3.33. The lowest BCUT2D eigenvalue weighted by molar-refractivity contribution is 1.30. The summed E-state index contributed by atoms with van der Waals surface area (Å²) in [6.45, 7) is 10.6. The lowest BCUT2D eigenvalue weighted by Gasteiger charge is -2.05. The van der Waals surface area contributed by atoms with Crippen LogP contribution in [0.2, 0.25) is 0 Å². The first-order valence-electron chi connectivity index (χ1n) is 6.64. The Morgan fingerprint density at radius 3 is 1.58 bits per heavy atom. The molecule has 2 aromatic carbocycles. The van der Waals surface area contributed by atoms with E-state index in [1.807, 2.05) is 0 Å². The summed E-state index contributed by atoms with van der Waals surface area (Å²) in [5.41, 5.74) is 8.60. The normalized spacial score (nSPS) is 9.95. The van der Waals surface area contributed by atoms with Crippen LogP contribution in [0.1, 0.15) is 38.9 Å². The second kappa shape index (κ2) is 5.33. The van der Waals surface area contributed by atoms with Crippen molar-refractivity contribution >= 4 is 0 Å². The zero-order valence-electron chi connectivity index (χ0n) is 12.4. The second-order valence-electron chi connectivity index (χ2n) is 5.40. The van der Waals surface area contributed by atoms with Crippen molar-refractivity contribution in [2.24, 2.45) is 0 Å². The molecule has 2 rings (SSSR count). The highest BCUT2D eigenvalue weighted by molar-refractivity contribution is 5.52. The lowest BCUT2D eigenvalue weighted by atomic mass is 9.99. The fourth-order valence-corrected chi connectivity index (χ4v) is 2.56. The van der Waals surface area contributed by atoms with Crippen LogP contribution in [0.15, 0.2) is 30.3 Å². The van der Waals surface area contributed by atoms with E-state index in [-0.39, 0.29) is 0 Å². The highest BCUT2D eigenvalue weighted by Crippen LogP contribution is 2.15. The summed E-state index contributed by atoms with van der Waals surface area (Å²) in [5.74, 6) is 6.62. The van der Waals surface area contributed by atoms with Crippen molar-refractivity contribution in [3.8, 4) is 11.8 Å². The number of aryl methyl sites for hydroxylation is 5. The zero-order chi connectivity index (χ0) is 14.0. The predicted molar refractivity (Wildman–Crippen MR) is 82.5 cm³/mol. The van der Waals surface area contributed by atoms with Gasteiger partial charge in [0.25, 0.3) is 0 Å². The summed E-state index contributed by atoms with van der Waals surface area (Å²) < 4.78 is 0. The molecule has 0 heteroatoms. The van der Waals surface area contributed by atoms with Gasteiger partial charge in [0.15, 0.2) is 0 Å². The minimum absolute atomic E-state index is 1.09. The maximum absolute atomic E-state index is 3.33. The number of hydrogen-bond donors (Lipinski definition) is 0. The number of benzene rings is 2. The van der Waals surface area contributed by atoms with Gasteiger partial charge in [0, 0.05) is 11.1 Å². The third-order valence-electron chi connectivity index (χ3n) is 3.23. The maximum Gasteiger partial charge on any atom is 0.0307 e. The van der Waals surface area contributed by atoms with Crippen LogP contribution in [0.5, 0.6) is 0 Å². The highest BCUT2D eigenvalue weighted by Gasteiger charge is 2.00. The molecule has 0 aromatic heterocycles. The monoisotopic (exact) mass is 248 g/mol. The Morgan fingerprint density at radius 1 is 0.579 bits per heavy atom. The van der Waals surface area contributed by atoms with Gasteiger partial charge in [-0.25, -0.2) is 0 Å². The Bertz CT molecular complexity index is 636. The van der Waals surface area contributed by atoms with E-state index in [0.717, 1.165) is 11.1 Å². The molecule has 0 aliphatic carbocycles. The molecular weight excluding hydrogens is 228 g/mol. The van der Waals surface area contributed by atoms with Gasteiger partial charge in [-0.2, -0.15) is 0 Å². The lowest BCUT2D eigenvalue weighted by Crippen LogP contribution is -1.90. The molecule has 0 N–H and O–H groups in total. The summed E-state index contributed by atoms with van der Waals surface area (Å²) in [6.07, 6.45) is 0. The molecule has 0 saturated carbocycles. The van der Waals surface area contributed by atoms with E-state index >= 15 is 0 Å². The van der Waals surface area contributed by atoms with Crippen LogP contribution in [-0.2, 0) is 0 Å². The van der Waals surface area contributed by atoms with E-state index in [4.69, 9.17) is 0 Å². The molecule has 0 amide bonds. The quantitative estimate of drug-likeness (QED) is 0.596. The molecule has 0 fully saturated rings. The smallest absolute Gasteiger partial charge is 0.0307 e. The SMILES string of the molecule is Cc1cc(C)cc(C#Cc2c(C)cc(C)cc2C)c1. The van der Waals surface area contributed by atoms with Crippen LogP contribution in [-0.4, -0.2) is 0 Å². The van der Waals surface area contributed by atoms with Gasteiger partial charge in [0.05, 0.1) is 0 Å². The molecule has 0 nitrogen and oxygen atoms in total. The van der Waals surface area contributed by atoms with Crippen LogP contribution in [0.3, 0.4) is 0 Å². The molecule has 0 radical (unpaired) electrons. The Morgan fingerprint density at radius 2 is 1.05 bits per heavy atom. The van der Waals surface area contributed by atoms with Crippen molar-refractivity contribution in [3.63, 3.8) is 0 Å². The molecule has 0 spiro atoms. The molecule has 0 aliphatic heterocycles. The van der Waals surface area contributed by atoms with Gasteiger partial charge in [-0.3, -0.25) is 0 Å². The molecule has 96 valence electrons. The van der Waals surface area contributed by atoms with Gasteiger partial charge in [0.1, 0.15) is 0 Å². The van der Waals surface area contributed by atoms with Gasteiger partial charge < -0.3 is 0 Å². The Labute approximate surface area is 116 Å². The average molecular weight is 248 g/mol. The van der Waals surface area contributed by atoms with Gasteiger partial charge in [-0.1, -0.05) is 35.6 Å². The van der Waals surface area contributed by atoms with Gasteiger partial charge >= 0.3 is 0 Å². The molecule has 2 aromatic rings.